The number of hydrogen-bond acceptors (Lipinski definition) is 3. The van der Waals surface area contributed by atoms with Crippen LogP contribution >= 0.6 is 0 Å². The number of carbonyl (C=O) groups is 2. The predicted molar refractivity (Wildman–Crippen MR) is 112 cm³/mol. The highest BCUT2D eigenvalue weighted by Gasteiger charge is 2.23. The molecule has 0 spiro atoms. The molecule has 3 aromatic rings. The first-order valence-electron chi connectivity index (χ1n) is 9.65. The molecule has 3 aromatic carbocycles. The minimum absolute atomic E-state index is 0.252. The Kier molecular flexibility index (Phi) is 5.56. The number of hydrogen-bond donors (Lipinski definition) is 2. The molecule has 4 rings (SSSR count). The first kappa shape index (κ1) is 18.7. The van der Waals surface area contributed by atoms with Crippen LogP contribution < -0.4 is 15.4 Å². The van der Waals surface area contributed by atoms with Crippen LogP contribution in [-0.2, 0) is 17.6 Å². The number of benzene rings is 3. The summed E-state index contributed by atoms with van der Waals surface area (Å²) in [5, 5.41) is 5.79. The van der Waals surface area contributed by atoms with E-state index in [1.54, 1.807) is 6.07 Å². The fraction of sp³-hybridized carbons (Fsp3) is 0.167. The Bertz CT molecular complexity index is 1000. The fourth-order valence-electron chi connectivity index (χ4n) is 3.38. The zero-order valence-corrected chi connectivity index (χ0v) is 15.9. The average molecular weight is 386 g/mol. The maximum Gasteiger partial charge on any atom is 0.251 e. The molecule has 0 saturated heterocycles. The van der Waals surface area contributed by atoms with E-state index in [4.69, 9.17) is 4.74 Å². The van der Waals surface area contributed by atoms with Crippen LogP contribution in [0.25, 0.3) is 0 Å². The van der Waals surface area contributed by atoms with Gasteiger partial charge in [-0.2, -0.15) is 0 Å². The molecule has 1 unspecified atom stereocenters. The Morgan fingerprint density at radius 2 is 1.66 bits per heavy atom. The van der Waals surface area contributed by atoms with Crippen LogP contribution in [0.3, 0.4) is 0 Å². The maximum atomic E-state index is 12.9. The van der Waals surface area contributed by atoms with Crippen molar-refractivity contribution in [3.8, 4) is 5.75 Å². The van der Waals surface area contributed by atoms with Gasteiger partial charge in [0.25, 0.3) is 5.91 Å². The van der Waals surface area contributed by atoms with Gasteiger partial charge in [-0.05, 0) is 41.5 Å². The van der Waals surface area contributed by atoms with Crippen LogP contribution in [0, 0.1) is 0 Å². The zero-order chi connectivity index (χ0) is 20.1. The topological polar surface area (TPSA) is 67.4 Å². The van der Waals surface area contributed by atoms with Crippen LogP contribution in [0.4, 0.5) is 5.69 Å². The highest BCUT2D eigenvalue weighted by atomic mass is 16.5. The van der Waals surface area contributed by atoms with E-state index in [-0.39, 0.29) is 11.8 Å². The minimum atomic E-state index is -0.699. The molecule has 0 aliphatic carbocycles. The summed E-state index contributed by atoms with van der Waals surface area (Å²) in [6.07, 6.45) is 1.19. The summed E-state index contributed by atoms with van der Waals surface area (Å²) in [5.41, 5.74) is 3.22. The molecule has 5 nitrogen and oxygen atoms in total. The molecule has 1 heterocycles. The van der Waals surface area contributed by atoms with Crippen molar-refractivity contribution in [2.45, 2.75) is 18.9 Å². The maximum absolute atomic E-state index is 12.9. The van der Waals surface area contributed by atoms with E-state index in [0.29, 0.717) is 24.3 Å². The van der Waals surface area contributed by atoms with Crippen molar-refractivity contribution in [3.63, 3.8) is 0 Å². The van der Waals surface area contributed by atoms with Crippen LogP contribution in [0.1, 0.15) is 21.5 Å². The Morgan fingerprint density at radius 1 is 0.931 bits per heavy atom. The molecule has 5 heteroatoms. The molecule has 0 bridgehead atoms. The van der Waals surface area contributed by atoms with Crippen LogP contribution in [0.15, 0.2) is 78.9 Å². The lowest BCUT2D eigenvalue weighted by Crippen LogP contribution is -2.45. The number of ether oxygens (including phenoxy) is 1. The first-order valence-corrected chi connectivity index (χ1v) is 9.65. The molecule has 1 atom stereocenters. The Labute approximate surface area is 169 Å². The third kappa shape index (κ3) is 4.63. The fourth-order valence-corrected chi connectivity index (χ4v) is 3.38. The Hall–Kier alpha value is -3.60. The summed E-state index contributed by atoms with van der Waals surface area (Å²) < 4.78 is 5.50. The monoisotopic (exact) mass is 386 g/mol. The van der Waals surface area contributed by atoms with Crippen LogP contribution in [-0.4, -0.2) is 24.5 Å². The predicted octanol–water partition coefficient (Wildman–Crippen LogP) is 3.60. The summed E-state index contributed by atoms with van der Waals surface area (Å²) in [6.45, 7) is 0.635. The van der Waals surface area contributed by atoms with E-state index in [1.165, 1.54) is 0 Å². The van der Waals surface area contributed by atoms with Gasteiger partial charge in [-0.3, -0.25) is 9.59 Å². The Morgan fingerprint density at radius 3 is 2.41 bits per heavy atom. The van der Waals surface area contributed by atoms with Crippen molar-refractivity contribution in [1.82, 2.24) is 5.32 Å². The summed E-state index contributed by atoms with van der Waals surface area (Å²) in [4.78, 5) is 25.8. The van der Waals surface area contributed by atoms with E-state index in [1.807, 2.05) is 72.8 Å². The normalized spacial score (nSPS) is 13.1. The van der Waals surface area contributed by atoms with E-state index in [0.717, 1.165) is 23.3 Å². The summed E-state index contributed by atoms with van der Waals surface area (Å²) in [7, 11) is 0. The van der Waals surface area contributed by atoms with Crippen molar-refractivity contribution in [2.24, 2.45) is 0 Å². The molecule has 146 valence electrons. The molecule has 1 aliphatic heterocycles. The second-order valence-electron chi connectivity index (χ2n) is 6.99. The van der Waals surface area contributed by atoms with E-state index < -0.39 is 6.04 Å². The smallest absolute Gasteiger partial charge is 0.251 e. The lowest BCUT2D eigenvalue weighted by molar-refractivity contribution is -0.118. The molecule has 2 N–H and O–H groups in total. The quantitative estimate of drug-likeness (QED) is 0.680. The molecule has 0 saturated carbocycles. The second kappa shape index (κ2) is 8.61. The summed E-state index contributed by atoms with van der Waals surface area (Å²) in [5.74, 6) is 0.297. The number of para-hydroxylation sites is 1. The molecule has 0 fully saturated rings. The number of carbonyl (C=O) groups excluding carboxylic acids is 2. The molecule has 29 heavy (non-hydrogen) atoms. The van der Waals surface area contributed by atoms with Gasteiger partial charge in [-0.15, -0.1) is 0 Å². The summed E-state index contributed by atoms with van der Waals surface area (Å²) >= 11 is 0. The molecule has 1 aliphatic rings. The van der Waals surface area contributed by atoms with E-state index >= 15 is 0 Å². The highest BCUT2D eigenvalue weighted by molar-refractivity contribution is 6.01. The summed E-state index contributed by atoms with van der Waals surface area (Å²) in [6, 6.07) is 23.6. The zero-order valence-electron chi connectivity index (χ0n) is 15.9. The largest absolute Gasteiger partial charge is 0.493 e. The lowest BCUT2D eigenvalue weighted by atomic mass is 10.0. The lowest BCUT2D eigenvalue weighted by Gasteiger charge is -2.19. The number of fused-ring (bicyclic) bond motifs is 1. The van der Waals surface area contributed by atoms with Gasteiger partial charge >= 0.3 is 0 Å². The van der Waals surface area contributed by atoms with Crippen molar-refractivity contribution in [2.75, 3.05) is 11.9 Å². The van der Waals surface area contributed by atoms with Gasteiger partial charge in [0.05, 0.1) is 6.61 Å². The van der Waals surface area contributed by atoms with Gasteiger partial charge in [-0.25, -0.2) is 0 Å². The highest BCUT2D eigenvalue weighted by Crippen LogP contribution is 2.25. The SMILES string of the molecule is O=C(NC(Cc1ccccc1)C(=O)Nc1ccccc1)c1ccc2c(c1)CCO2. The van der Waals surface area contributed by atoms with Gasteiger partial charge in [0.2, 0.25) is 5.91 Å². The number of nitrogens with one attached hydrogen (secondary N) is 2. The Balaban J connectivity index is 1.52. The standard InChI is InChI=1S/C24H22N2O3/c27-23(19-11-12-22-18(16-19)13-14-29-22)26-21(15-17-7-3-1-4-8-17)24(28)25-20-9-5-2-6-10-20/h1-12,16,21H,13-15H2,(H,25,28)(H,26,27). The molecule has 0 radical (unpaired) electrons. The van der Waals surface area contributed by atoms with Gasteiger partial charge in [0.1, 0.15) is 11.8 Å². The molecular formula is C24H22N2O3. The van der Waals surface area contributed by atoms with Crippen molar-refractivity contribution in [3.05, 3.63) is 95.6 Å². The van der Waals surface area contributed by atoms with Gasteiger partial charge in [0, 0.05) is 24.1 Å². The van der Waals surface area contributed by atoms with E-state index in [2.05, 4.69) is 10.6 Å². The molecule has 0 aromatic heterocycles. The number of anilines is 1. The van der Waals surface area contributed by atoms with Crippen molar-refractivity contribution < 1.29 is 14.3 Å². The van der Waals surface area contributed by atoms with Gasteiger partial charge < -0.3 is 15.4 Å². The third-order valence-corrected chi connectivity index (χ3v) is 4.90. The minimum Gasteiger partial charge on any atom is -0.493 e. The first-order chi connectivity index (χ1) is 14.2. The number of rotatable bonds is 6. The van der Waals surface area contributed by atoms with Crippen LogP contribution in [0.5, 0.6) is 5.75 Å². The van der Waals surface area contributed by atoms with E-state index in [9.17, 15) is 9.59 Å². The molecule has 2 amide bonds. The van der Waals surface area contributed by atoms with Gasteiger partial charge in [-0.1, -0.05) is 48.5 Å². The second-order valence-corrected chi connectivity index (χ2v) is 6.99. The van der Waals surface area contributed by atoms with Crippen molar-refractivity contribution in [1.29, 1.82) is 0 Å². The average Bonchev–Trinajstić information content (AvgIpc) is 3.22. The van der Waals surface area contributed by atoms with Crippen LogP contribution in [0.2, 0.25) is 0 Å². The van der Waals surface area contributed by atoms with Crippen molar-refractivity contribution >= 4 is 17.5 Å². The van der Waals surface area contributed by atoms with Gasteiger partial charge in [0.15, 0.2) is 0 Å². The molecular weight excluding hydrogens is 364 g/mol. The third-order valence-electron chi connectivity index (χ3n) is 4.90. The number of amides is 2.